The summed E-state index contributed by atoms with van der Waals surface area (Å²) in [4.78, 5) is 12.1. The molecule has 1 fully saturated rings. The van der Waals surface area contributed by atoms with Crippen LogP contribution in [0.25, 0.3) is 16.5 Å². The van der Waals surface area contributed by atoms with E-state index in [0.29, 0.717) is 6.42 Å². The largest absolute Gasteiger partial charge is 0.487 e. The number of aliphatic hydroxyl groups is 1. The van der Waals surface area contributed by atoms with Gasteiger partial charge in [0.25, 0.3) is 0 Å². The molecule has 1 N–H and O–H groups in total. The molecule has 1 unspecified atom stereocenters. The van der Waals surface area contributed by atoms with Gasteiger partial charge < -0.3 is 19.1 Å². The fourth-order valence-corrected chi connectivity index (χ4v) is 5.57. The first-order valence-corrected chi connectivity index (χ1v) is 11.4. The van der Waals surface area contributed by atoms with Gasteiger partial charge in [-0.2, -0.15) is 0 Å². The number of carbonyl (C=O) groups excluding carboxylic acids is 1. The van der Waals surface area contributed by atoms with E-state index in [0.717, 1.165) is 29.0 Å². The van der Waals surface area contributed by atoms with Gasteiger partial charge in [0, 0.05) is 42.3 Å². The summed E-state index contributed by atoms with van der Waals surface area (Å²) in [5.74, 6) is 0.495. The van der Waals surface area contributed by atoms with Gasteiger partial charge in [0.05, 0.1) is 18.2 Å². The highest BCUT2D eigenvalue weighted by molar-refractivity contribution is 5.83. The van der Waals surface area contributed by atoms with Gasteiger partial charge in [-0.1, -0.05) is 31.2 Å². The zero-order valence-electron chi connectivity index (χ0n) is 19.4. The summed E-state index contributed by atoms with van der Waals surface area (Å²) < 4.78 is 14.4. The molecule has 1 saturated heterocycles. The van der Waals surface area contributed by atoms with E-state index >= 15 is 0 Å². The van der Waals surface area contributed by atoms with Crippen molar-refractivity contribution >= 4 is 16.7 Å². The number of nitrogens with zero attached hydrogens (tertiary/aromatic N) is 1. The van der Waals surface area contributed by atoms with E-state index in [9.17, 15) is 9.90 Å². The van der Waals surface area contributed by atoms with Crippen LogP contribution in [-0.4, -0.2) is 33.5 Å². The summed E-state index contributed by atoms with van der Waals surface area (Å²) in [5.41, 5.74) is 5.51. The lowest BCUT2D eigenvalue weighted by atomic mass is 9.83. The summed E-state index contributed by atoms with van der Waals surface area (Å²) in [7, 11) is 0. The van der Waals surface area contributed by atoms with Gasteiger partial charge in [-0.25, -0.2) is 0 Å². The summed E-state index contributed by atoms with van der Waals surface area (Å²) in [6.45, 7) is 10.6. The molecule has 5 nitrogen and oxygen atoms in total. The van der Waals surface area contributed by atoms with E-state index in [-0.39, 0.29) is 30.0 Å². The fourth-order valence-electron chi connectivity index (χ4n) is 5.57. The Bertz CT molecular complexity index is 1190. The Balaban J connectivity index is 1.70. The number of fused-ring (bicyclic) bond motifs is 2. The molecule has 0 amide bonds. The van der Waals surface area contributed by atoms with E-state index in [1.54, 1.807) is 0 Å². The molecular weight excluding hydrogens is 402 g/mol. The third-order valence-electron chi connectivity index (χ3n) is 7.08. The molecule has 2 aliphatic rings. The Labute approximate surface area is 189 Å². The molecule has 0 aliphatic carbocycles. The molecule has 0 bridgehead atoms. The molecule has 2 aromatic carbocycles. The third-order valence-corrected chi connectivity index (χ3v) is 7.08. The Morgan fingerprint density at radius 1 is 1.12 bits per heavy atom. The van der Waals surface area contributed by atoms with E-state index in [1.165, 1.54) is 21.9 Å². The predicted octanol–water partition coefficient (Wildman–Crippen LogP) is 5.13. The molecule has 32 heavy (non-hydrogen) atoms. The molecule has 5 heteroatoms. The number of esters is 1. The molecule has 0 saturated carbocycles. The van der Waals surface area contributed by atoms with Crippen molar-refractivity contribution in [2.75, 3.05) is 0 Å². The topological polar surface area (TPSA) is 60.7 Å². The second kappa shape index (κ2) is 7.38. The van der Waals surface area contributed by atoms with Crippen LogP contribution in [0.3, 0.4) is 0 Å². The van der Waals surface area contributed by atoms with Gasteiger partial charge in [-0.3, -0.25) is 4.79 Å². The number of benzene rings is 2. The second-order valence-electron chi connectivity index (χ2n) is 10.1. The average Bonchev–Trinajstić information content (AvgIpc) is 3.27. The zero-order chi connectivity index (χ0) is 22.8. The summed E-state index contributed by atoms with van der Waals surface area (Å²) in [6.07, 6.45) is 4.66. The van der Waals surface area contributed by atoms with Crippen LogP contribution in [0.2, 0.25) is 0 Å². The average molecular weight is 434 g/mol. The molecule has 3 aromatic rings. The van der Waals surface area contributed by atoms with Crippen LogP contribution >= 0.6 is 0 Å². The summed E-state index contributed by atoms with van der Waals surface area (Å²) >= 11 is 0. The fraction of sp³-hybridized carbons (Fsp3) is 0.444. The third kappa shape index (κ3) is 3.39. The van der Waals surface area contributed by atoms with Gasteiger partial charge in [-0.15, -0.1) is 0 Å². The number of cyclic esters (lactones) is 1. The minimum atomic E-state index is -0.658. The highest BCUT2D eigenvalue weighted by Gasteiger charge is 2.40. The maximum atomic E-state index is 12.1. The molecule has 2 aliphatic heterocycles. The minimum absolute atomic E-state index is 0.0684. The van der Waals surface area contributed by atoms with E-state index in [2.05, 4.69) is 75.8 Å². The van der Waals surface area contributed by atoms with Crippen LogP contribution in [0.5, 0.6) is 5.75 Å². The molecule has 1 aromatic heterocycles. The van der Waals surface area contributed by atoms with Crippen molar-refractivity contribution in [3.05, 3.63) is 58.9 Å². The maximum absolute atomic E-state index is 12.1. The first kappa shape index (κ1) is 21.1. The van der Waals surface area contributed by atoms with Gasteiger partial charge >= 0.3 is 5.97 Å². The molecule has 5 rings (SSSR count). The Morgan fingerprint density at radius 2 is 1.78 bits per heavy atom. The maximum Gasteiger partial charge on any atom is 0.308 e. The number of ether oxygens (including phenoxy) is 2. The molecule has 3 heterocycles. The Kier molecular flexibility index (Phi) is 4.86. The van der Waals surface area contributed by atoms with Gasteiger partial charge in [-0.05, 0) is 49.6 Å². The number of hydrogen-bond acceptors (Lipinski definition) is 4. The van der Waals surface area contributed by atoms with Gasteiger partial charge in [0.2, 0.25) is 0 Å². The molecule has 168 valence electrons. The number of aromatic nitrogens is 1. The number of carbonyl (C=O) groups is 1. The van der Waals surface area contributed by atoms with Crippen LogP contribution in [0.4, 0.5) is 0 Å². The minimum Gasteiger partial charge on any atom is -0.487 e. The lowest BCUT2D eigenvalue weighted by Crippen LogP contribution is -2.36. The monoisotopic (exact) mass is 433 g/mol. The summed E-state index contributed by atoms with van der Waals surface area (Å²) in [6, 6.07) is 8.37. The first-order valence-electron chi connectivity index (χ1n) is 11.4. The van der Waals surface area contributed by atoms with Crippen molar-refractivity contribution in [2.24, 2.45) is 0 Å². The standard InChI is InChI=1S/C27H31NO4/c1-15-21-12-27(4,5)32-26(21)24(16(2)22-10-20(29)11-23(30)31-22)17(3)25(15)28-13-18-8-6-7-9-19(18)14-28/h6-9,13-14,16,20,22,29H,10-12H2,1-5H3/t16?,20-,22+/m1/s1. The van der Waals surface area contributed by atoms with Crippen molar-refractivity contribution in [2.45, 2.75) is 77.6 Å². The van der Waals surface area contributed by atoms with Crippen LogP contribution in [-0.2, 0) is 16.0 Å². The van der Waals surface area contributed by atoms with Crippen molar-refractivity contribution in [1.29, 1.82) is 0 Å². The van der Waals surface area contributed by atoms with Crippen molar-refractivity contribution in [3.8, 4) is 11.4 Å². The SMILES string of the molecule is Cc1c2c(c(C(C)[C@@H]3C[C@@H](O)CC(=O)O3)c(C)c1-n1cc3ccccc3c1)OC(C)(C)C2. The normalized spacial score (nSPS) is 23.0. The smallest absolute Gasteiger partial charge is 0.308 e. The molecule has 0 spiro atoms. The van der Waals surface area contributed by atoms with Gasteiger partial charge in [0.1, 0.15) is 17.5 Å². The van der Waals surface area contributed by atoms with Gasteiger partial charge in [0.15, 0.2) is 0 Å². The lowest BCUT2D eigenvalue weighted by molar-refractivity contribution is -0.161. The molecular formula is C27H31NO4. The van der Waals surface area contributed by atoms with Crippen molar-refractivity contribution in [3.63, 3.8) is 0 Å². The highest BCUT2D eigenvalue weighted by Crippen LogP contribution is 2.48. The van der Waals surface area contributed by atoms with E-state index in [1.807, 2.05) is 0 Å². The number of hydrogen-bond donors (Lipinski definition) is 1. The number of rotatable bonds is 3. The summed E-state index contributed by atoms with van der Waals surface area (Å²) in [5, 5.41) is 12.6. The van der Waals surface area contributed by atoms with Crippen LogP contribution in [0.15, 0.2) is 36.7 Å². The highest BCUT2D eigenvalue weighted by atomic mass is 16.5. The van der Waals surface area contributed by atoms with Crippen molar-refractivity contribution in [1.82, 2.24) is 4.57 Å². The quantitative estimate of drug-likeness (QED) is 0.582. The number of aliphatic hydroxyl groups excluding tert-OH is 1. The Morgan fingerprint density at radius 3 is 2.41 bits per heavy atom. The Hall–Kier alpha value is -2.79. The van der Waals surface area contributed by atoms with Crippen LogP contribution in [0.1, 0.15) is 61.8 Å². The predicted molar refractivity (Wildman–Crippen MR) is 125 cm³/mol. The van der Waals surface area contributed by atoms with Crippen molar-refractivity contribution < 1.29 is 19.4 Å². The van der Waals surface area contributed by atoms with E-state index in [4.69, 9.17) is 9.47 Å². The first-order chi connectivity index (χ1) is 15.1. The zero-order valence-corrected chi connectivity index (χ0v) is 19.4. The molecule has 3 atom stereocenters. The van der Waals surface area contributed by atoms with E-state index < -0.39 is 6.10 Å². The lowest BCUT2D eigenvalue weighted by Gasteiger charge is -2.33. The second-order valence-corrected chi connectivity index (χ2v) is 10.1. The molecule has 0 radical (unpaired) electrons. The van der Waals surface area contributed by atoms with Crippen LogP contribution in [0, 0.1) is 13.8 Å². The van der Waals surface area contributed by atoms with Crippen LogP contribution < -0.4 is 4.74 Å².